The van der Waals surface area contributed by atoms with Gasteiger partial charge in [0.25, 0.3) is 0 Å². The zero-order valence-electron chi connectivity index (χ0n) is 18.0. The zero-order chi connectivity index (χ0) is 21.6. The summed E-state index contributed by atoms with van der Waals surface area (Å²) in [7, 11) is 3.65. The number of nitrogens with one attached hydrogen (secondary N) is 2. The number of benzene rings is 2. The third-order valence-electron chi connectivity index (χ3n) is 5.55. The highest BCUT2D eigenvalue weighted by Crippen LogP contribution is 2.18. The number of aromatic amines is 1. The van der Waals surface area contributed by atoms with Gasteiger partial charge >= 0.3 is 0 Å². The van der Waals surface area contributed by atoms with E-state index < -0.39 is 0 Å². The van der Waals surface area contributed by atoms with E-state index >= 15 is 0 Å². The summed E-state index contributed by atoms with van der Waals surface area (Å²) in [4.78, 5) is 28.8. The smallest absolute Gasteiger partial charge is 0.242 e. The molecule has 0 spiro atoms. The lowest BCUT2D eigenvalue weighted by Gasteiger charge is -2.29. The van der Waals surface area contributed by atoms with Crippen LogP contribution in [0.25, 0.3) is 11.3 Å². The van der Waals surface area contributed by atoms with E-state index in [1.54, 1.807) is 7.05 Å². The topological polar surface area (TPSA) is 76.6 Å². The molecule has 4 rings (SSSR count). The van der Waals surface area contributed by atoms with E-state index in [2.05, 4.69) is 38.5 Å². The van der Waals surface area contributed by atoms with E-state index in [9.17, 15) is 4.79 Å². The summed E-state index contributed by atoms with van der Waals surface area (Å²) in [5.74, 6) is 1.57. The number of rotatable bonds is 5. The van der Waals surface area contributed by atoms with E-state index in [1.165, 1.54) is 11.1 Å². The van der Waals surface area contributed by atoms with Gasteiger partial charge in [-0.05, 0) is 23.1 Å². The van der Waals surface area contributed by atoms with Crippen LogP contribution in [0, 0.1) is 0 Å². The fraction of sp³-hybridized carbons (Fsp3) is 0.292. The molecule has 0 fully saturated rings. The van der Waals surface area contributed by atoms with Gasteiger partial charge in [-0.2, -0.15) is 0 Å². The zero-order valence-corrected chi connectivity index (χ0v) is 18.0. The molecule has 0 radical (unpaired) electrons. The second kappa shape index (κ2) is 9.47. The predicted octanol–water partition coefficient (Wildman–Crippen LogP) is 2.67. The highest BCUT2D eigenvalue weighted by Gasteiger charge is 2.21. The number of guanidine groups is 1. The van der Waals surface area contributed by atoms with Gasteiger partial charge in [-0.15, -0.1) is 0 Å². The van der Waals surface area contributed by atoms with E-state index in [1.807, 2.05) is 59.4 Å². The van der Waals surface area contributed by atoms with E-state index in [-0.39, 0.29) is 12.5 Å². The molecule has 1 aliphatic rings. The maximum Gasteiger partial charge on any atom is 0.242 e. The lowest BCUT2D eigenvalue weighted by Crippen LogP contribution is -2.46. The molecule has 1 aliphatic heterocycles. The van der Waals surface area contributed by atoms with Crippen LogP contribution in [-0.4, -0.2) is 58.8 Å². The van der Waals surface area contributed by atoms with Crippen LogP contribution in [0.5, 0.6) is 0 Å². The minimum Gasteiger partial charge on any atom is -0.347 e. The molecule has 0 unspecified atom stereocenters. The third kappa shape index (κ3) is 4.94. The molecule has 2 N–H and O–H groups in total. The van der Waals surface area contributed by atoms with Crippen molar-refractivity contribution >= 4 is 11.9 Å². The Hall–Kier alpha value is -3.61. The van der Waals surface area contributed by atoms with Crippen LogP contribution in [0.2, 0.25) is 0 Å². The monoisotopic (exact) mass is 416 g/mol. The fourth-order valence-corrected chi connectivity index (χ4v) is 3.87. The predicted molar refractivity (Wildman–Crippen MR) is 122 cm³/mol. The number of H-pyrrole nitrogens is 1. The average Bonchev–Trinajstić information content (AvgIpc) is 3.28. The number of nitrogens with zero attached hydrogens (tertiary/aromatic N) is 4. The minimum absolute atomic E-state index is 0.0772. The van der Waals surface area contributed by atoms with Crippen molar-refractivity contribution in [2.24, 2.45) is 4.99 Å². The first-order valence-electron chi connectivity index (χ1n) is 10.5. The largest absolute Gasteiger partial charge is 0.347 e. The molecule has 7 heteroatoms. The Morgan fingerprint density at radius 2 is 1.90 bits per heavy atom. The lowest BCUT2D eigenvalue weighted by molar-refractivity contribution is -0.130. The highest BCUT2D eigenvalue weighted by molar-refractivity contribution is 5.86. The van der Waals surface area contributed by atoms with Crippen molar-refractivity contribution in [3.05, 3.63) is 77.7 Å². The van der Waals surface area contributed by atoms with Crippen LogP contribution < -0.4 is 5.32 Å². The molecule has 31 heavy (non-hydrogen) atoms. The second-order valence-corrected chi connectivity index (χ2v) is 7.70. The Bertz CT molecular complexity index is 1060. The number of hydrogen-bond acceptors (Lipinski definition) is 3. The summed E-state index contributed by atoms with van der Waals surface area (Å²) in [6.07, 6.45) is 2.74. The van der Waals surface area contributed by atoms with Crippen molar-refractivity contribution in [1.29, 1.82) is 0 Å². The first kappa shape index (κ1) is 20.7. The first-order valence-corrected chi connectivity index (χ1v) is 10.5. The molecule has 1 aromatic heterocycles. The van der Waals surface area contributed by atoms with E-state index in [4.69, 9.17) is 0 Å². The van der Waals surface area contributed by atoms with Crippen molar-refractivity contribution in [2.45, 2.75) is 19.5 Å². The Balaban J connectivity index is 1.31. The molecule has 7 nitrogen and oxygen atoms in total. The van der Waals surface area contributed by atoms with Crippen LogP contribution in [0.4, 0.5) is 0 Å². The van der Waals surface area contributed by atoms with Gasteiger partial charge in [0.2, 0.25) is 5.91 Å². The summed E-state index contributed by atoms with van der Waals surface area (Å²) in [6.45, 7) is 2.19. The van der Waals surface area contributed by atoms with Crippen molar-refractivity contribution < 1.29 is 4.79 Å². The van der Waals surface area contributed by atoms with Gasteiger partial charge in [0.1, 0.15) is 5.82 Å². The molecule has 160 valence electrons. The fourth-order valence-electron chi connectivity index (χ4n) is 3.87. The SMILES string of the molecule is CN=C(NCC(=O)N1CCc2ccccc2C1)N(C)Cc1ncc(-c2ccccc2)[nH]1. The quantitative estimate of drug-likeness (QED) is 0.495. The lowest BCUT2D eigenvalue weighted by atomic mass is 10.00. The van der Waals surface area contributed by atoms with Gasteiger partial charge < -0.3 is 20.1 Å². The molecular formula is C24H28N6O. The molecule has 0 aliphatic carbocycles. The Morgan fingerprint density at radius 1 is 1.16 bits per heavy atom. The summed E-state index contributed by atoms with van der Waals surface area (Å²) < 4.78 is 0. The van der Waals surface area contributed by atoms with Crippen molar-refractivity contribution in [3.63, 3.8) is 0 Å². The van der Waals surface area contributed by atoms with Crippen LogP contribution >= 0.6 is 0 Å². The van der Waals surface area contributed by atoms with Crippen LogP contribution in [0.15, 0.2) is 65.8 Å². The Morgan fingerprint density at radius 3 is 2.68 bits per heavy atom. The normalized spacial score (nSPS) is 13.6. The summed E-state index contributed by atoms with van der Waals surface area (Å²) in [6, 6.07) is 18.4. The summed E-state index contributed by atoms with van der Waals surface area (Å²) in [5.41, 5.74) is 4.65. The van der Waals surface area contributed by atoms with E-state index in [0.717, 1.165) is 30.0 Å². The molecule has 1 amide bonds. The molecule has 3 aromatic rings. The van der Waals surface area contributed by atoms with Crippen molar-refractivity contribution in [1.82, 2.24) is 25.1 Å². The number of imidazole rings is 1. The van der Waals surface area contributed by atoms with Crippen LogP contribution in [0.1, 0.15) is 17.0 Å². The molecule has 0 saturated carbocycles. The molecule has 2 heterocycles. The average molecular weight is 417 g/mol. The van der Waals surface area contributed by atoms with Crippen molar-refractivity contribution in [2.75, 3.05) is 27.2 Å². The number of aromatic nitrogens is 2. The Kier molecular flexibility index (Phi) is 6.31. The number of amides is 1. The maximum absolute atomic E-state index is 12.7. The summed E-state index contributed by atoms with van der Waals surface area (Å²) in [5, 5.41) is 3.19. The number of carbonyl (C=O) groups excluding carboxylic acids is 1. The minimum atomic E-state index is 0.0772. The van der Waals surface area contributed by atoms with Gasteiger partial charge in [-0.3, -0.25) is 9.79 Å². The van der Waals surface area contributed by atoms with Crippen LogP contribution in [0.3, 0.4) is 0 Å². The van der Waals surface area contributed by atoms with Crippen molar-refractivity contribution in [3.8, 4) is 11.3 Å². The molecule has 0 bridgehead atoms. The third-order valence-corrected chi connectivity index (χ3v) is 5.55. The van der Waals surface area contributed by atoms with Gasteiger partial charge in [0, 0.05) is 27.2 Å². The number of carbonyl (C=O) groups is 1. The number of fused-ring (bicyclic) bond motifs is 1. The first-order chi connectivity index (χ1) is 15.1. The molecule has 0 atom stereocenters. The van der Waals surface area contributed by atoms with Crippen LogP contribution in [-0.2, 0) is 24.3 Å². The second-order valence-electron chi connectivity index (χ2n) is 7.70. The Labute approximate surface area is 182 Å². The van der Waals surface area contributed by atoms with Gasteiger partial charge in [-0.25, -0.2) is 4.98 Å². The number of hydrogen-bond donors (Lipinski definition) is 2. The van der Waals surface area contributed by atoms with Gasteiger partial charge in [-0.1, -0.05) is 54.6 Å². The molecule has 2 aromatic carbocycles. The summed E-state index contributed by atoms with van der Waals surface area (Å²) >= 11 is 0. The molecule has 0 saturated heterocycles. The molecular weight excluding hydrogens is 388 g/mol. The van der Waals surface area contributed by atoms with E-state index in [0.29, 0.717) is 19.0 Å². The number of aliphatic imine (C=N–C) groups is 1. The highest BCUT2D eigenvalue weighted by atomic mass is 16.2. The van der Waals surface area contributed by atoms with Gasteiger partial charge in [0.15, 0.2) is 5.96 Å². The maximum atomic E-state index is 12.7. The van der Waals surface area contributed by atoms with Gasteiger partial charge in [0.05, 0.1) is 25.0 Å². The standard InChI is InChI=1S/C24H28N6O/c1-25-24(27-15-23(31)30-13-12-18-8-6-7-11-20(18)16-30)29(2)17-22-26-14-21(28-22)19-9-4-3-5-10-19/h3-11,14H,12-13,15-17H2,1-2H3,(H,25,27)(H,26,28).